The van der Waals surface area contributed by atoms with Crippen molar-refractivity contribution in [1.29, 1.82) is 0 Å². The molecule has 0 saturated heterocycles. The summed E-state index contributed by atoms with van der Waals surface area (Å²) in [5.74, 6) is 1.51. The number of hydrogen-bond donors (Lipinski definition) is 1. The molecule has 1 fully saturated rings. The van der Waals surface area contributed by atoms with Gasteiger partial charge in [0.1, 0.15) is 5.82 Å². The normalized spacial score (nSPS) is 15.8. The fraction of sp³-hybridized carbons (Fsp3) is 0.357. The molecule has 2 aromatic rings. The molecule has 0 amide bonds. The first-order valence-electron chi connectivity index (χ1n) is 6.13. The van der Waals surface area contributed by atoms with E-state index in [0.29, 0.717) is 0 Å². The van der Waals surface area contributed by atoms with E-state index in [1.807, 2.05) is 13.2 Å². The van der Waals surface area contributed by atoms with Gasteiger partial charge in [0.2, 0.25) is 0 Å². The van der Waals surface area contributed by atoms with Gasteiger partial charge in [-0.15, -0.1) is 0 Å². The summed E-state index contributed by atoms with van der Waals surface area (Å²) in [6.45, 7) is 0. The zero-order valence-electron chi connectivity index (χ0n) is 10.1. The Labute approximate surface area is 101 Å². The van der Waals surface area contributed by atoms with Crippen LogP contribution in [0.15, 0.2) is 30.5 Å². The molecule has 17 heavy (non-hydrogen) atoms. The van der Waals surface area contributed by atoms with Gasteiger partial charge in [0.15, 0.2) is 0 Å². The van der Waals surface area contributed by atoms with E-state index >= 15 is 0 Å². The summed E-state index contributed by atoms with van der Waals surface area (Å²) in [7, 11) is 1.86. The average molecular weight is 227 g/mol. The van der Waals surface area contributed by atoms with Gasteiger partial charge in [0.25, 0.3) is 0 Å². The van der Waals surface area contributed by atoms with E-state index in [2.05, 4.69) is 29.4 Å². The van der Waals surface area contributed by atoms with Gasteiger partial charge < -0.3 is 5.73 Å². The van der Waals surface area contributed by atoms with Gasteiger partial charge in [-0.3, -0.25) is 4.68 Å². The lowest BCUT2D eigenvalue weighted by Gasteiger charge is -2.25. The largest absolute Gasteiger partial charge is 0.383 e. The molecule has 3 rings (SSSR count). The molecule has 0 spiro atoms. The summed E-state index contributed by atoms with van der Waals surface area (Å²) in [6.07, 6.45) is 5.89. The Morgan fingerprint density at radius 1 is 1.24 bits per heavy atom. The molecule has 3 nitrogen and oxygen atoms in total. The summed E-state index contributed by atoms with van der Waals surface area (Å²) in [6, 6.07) is 8.76. The van der Waals surface area contributed by atoms with Crippen molar-refractivity contribution in [3.05, 3.63) is 36.0 Å². The Morgan fingerprint density at radius 2 is 1.94 bits per heavy atom. The van der Waals surface area contributed by atoms with E-state index < -0.39 is 0 Å². The molecule has 3 heteroatoms. The van der Waals surface area contributed by atoms with Crippen LogP contribution in [0, 0.1) is 0 Å². The third-order valence-corrected chi connectivity index (χ3v) is 3.78. The number of aryl methyl sites for hydroxylation is 1. The number of nitrogens with two attached hydrogens (primary N) is 1. The van der Waals surface area contributed by atoms with E-state index in [1.165, 1.54) is 24.8 Å². The standard InChI is InChI=1S/C14H17N3/c1-17-14(15)13(9-16-17)12-7-5-11(6-8-12)10-3-2-4-10/h5-10H,2-4,15H2,1H3. The topological polar surface area (TPSA) is 43.8 Å². The van der Waals surface area contributed by atoms with E-state index in [-0.39, 0.29) is 0 Å². The maximum atomic E-state index is 5.97. The molecule has 1 saturated carbocycles. The van der Waals surface area contributed by atoms with Gasteiger partial charge in [0, 0.05) is 12.6 Å². The van der Waals surface area contributed by atoms with Crippen molar-refractivity contribution in [2.45, 2.75) is 25.2 Å². The average Bonchev–Trinajstić information content (AvgIpc) is 2.59. The van der Waals surface area contributed by atoms with Crippen LogP contribution in [0.4, 0.5) is 5.82 Å². The Morgan fingerprint density at radius 3 is 2.41 bits per heavy atom. The summed E-state index contributed by atoms with van der Waals surface area (Å²) in [5.41, 5.74) is 9.60. The zero-order valence-corrected chi connectivity index (χ0v) is 10.1. The van der Waals surface area contributed by atoms with Crippen molar-refractivity contribution in [3.8, 4) is 11.1 Å². The van der Waals surface area contributed by atoms with Crippen LogP contribution < -0.4 is 5.73 Å². The molecule has 0 atom stereocenters. The fourth-order valence-corrected chi connectivity index (χ4v) is 2.35. The molecule has 2 N–H and O–H groups in total. The van der Waals surface area contributed by atoms with Gasteiger partial charge in [-0.05, 0) is 29.9 Å². The molecular formula is C14H17N3. The number of nitrogens with zero attached hydrogens (tertiary/aromatic N) is 2. The second-order valence-electron chi connectivity index (χ2n) is 4.82. The van der Waals surface area contributed by atoms with Crippen molar-refractivity contribution in [3.63, 3.8) is 0 Å². The Balaban J connectivity index is 1.91. The first-order valence-corrected chi connectivity index (χ1v) is 6.13. The quantitative estimate of drug-likeness (QED) is 0.857. The lowest BCUT2D eigenvalue weighted by atomic mass is 9.80. The van der Waals surface area contributed by atoms with Gasteiger partial charge >= 0.3 is 0 Å². The highest BCUT2D eigenvalue weighted by atomic mass is 15.3. The van der Waals surface area contributed by atoms with Gasteiger partial charge in [-0.2, -0.15) is 5.10 Å². The Kier molecular flexibility index (Phi) is 2.39. The smallest absolute Gasteiger partial charge is 0.129 e. The van der Waals surface area contributed by atoms with E-state index in [9.17, 15) is 0 Å². The number of aromatic nitrogens is 2. The first kappa shape index (κ1) is 10.4. The lowest BCUT2D eigenvalue weighted by molar-refractivity contribution is 0.420. The SMILES string of the molecule is Cn1ncc(-c2ccc(C3CCC3)cc2)c1N. The summed E-state index contributed by atoms with van der Waals surface area (Å²) in [4.78, 5) is 0. The minimum absolute atomic E-state index is 0.724. The minimum atomic E-state index is 0.724. The number of hydrogen-bond acceptors (Lipinski definition) is 2. The number of rotatable bonds is 2. The highest BCUT2D eigenvalue weighted by Crippen LogP contribution is 2.37. The van der Waals surface area contributed by atoms with Crippen LogP contribution in [-0.2, 0) is 7.05 Å². The monoisotopic (exact) mass is 227 g/mol. The summed E-state index contributed by atoms with van der Waals surface area (Å²) in [5, 5.41) is 4.17. The van der Waals surface area contributed by atoms with Crippen LogP contribution in [0.3, 0.4) is 0 Å². The van der Waals surface area contributed by atoms with Gasteiger partial charge in [0.05, 0.1) is 6.20 Å². The molecule has 1 aliphatic rings. The Hall–Kier alpha value is -1.77. The van der Waals surface area contributed by atoms with Crippen molar-refractivity contribution in [2.24, 2.45) is 7.05 Å². The third-order valence-electron chi connectivity index (χ3n) is 3.78. The van der Waals surface area contributed by atoms with Crippen molar-refractivity contribution >= 4 is 5.82 Å². The predicted octanol–water partition coefficient (Wildman–Crippen LogP) is 2.94. The highest BCUT2D eigenvalue weighted by molar-refractivity contribution is 5.73. The molecule has 0 bridgehead atoms. The molecule has 0 aliphatic heterocycles. The molecule has 0 unspecified atom stereocenters. The van der Waals surface area contributed by atoms with Crippen molar-refractivity contribution in [2.75, 3.05) is 5.73 Å². The zero-order chi connectivity index (χ0) is 11.8. The van der Waals surface area contributed by atoms with E-state index in [0.717, 1.165) is 22.9 Å². The molecule has 1 heterocycles. The van der Waals surface area contributed by atoms with Gasteiger partial charge in [-0.25, -0.2) is 0 Å². The van der Waals surface area contributed by atoms with Crippen molar-refractivity contribution in [1.82, 2.24) is 9.78 Å². The second-order valence-corrected chi connectivity index (χ2v) is 4.82. The molecule has 1 aliphatic carbocycles. The summed E-state index contributed by atoms with van der Waals surface area (Å²) < 4.78 is 1.70. The van der Waals surface area contributed by atoms with Crippen LogP contribution in [0.25, 0.3) is 11.1 Å². The van der Waals surface area contributed by atoms with Crippen molar-refractivity contribution < 1.29 is 0 Å². The number of anilines is 1. The minimum Gasteiger partial charge on any atom is -0.383 e. The summed E-state index contributed by atoms with van der Waals surface area (Å²) >= 11 is 0. The Bertz CT molecular complexity index is 521. The molecule has 0 radical (unpaired) electrons. The molecule has 1 aromatic carbocycles. The second kappa shape index (κ2) is 3.91. The van der Waals surface area contributed by atoms with E-state index in [1.54, 1.807) is 4.68 Å². The maximum absolute atomic E-state index is 5.97. The van der Waals surface area contributed by atoms with Crippen LogP contribution in [0.2, 0.25) is 0 Å². The number of benzene rings is 1. The van der Waals surface area contributed by atoms with Crippen LogP contribution in [0.5, 0.6) is 0 Å². The van der Waals surface area contributed by atoms with Gasteiger partial charge in [-0.1, -0.05) is 30.7 Å². The lowest BCUT2D eigenvalue weighted by Crippen LogP contribution is -2.08. The van der Waals surface area contributed by atoms with Crippen LogP contribution >= 0.6 is 0 Å². The maximum Gasteiger partial charge on any atom is 0.129 e. The fourth-order valence-electron chi connectivity index (χ4n) is 2.35. The highest BCUT2D eigenvalue weighted by Gasteiger charge is 2.19. The molecular weight excluding hydrogens is 210 g/mol. The molecule has 1 aromatic heterocycles. The number of nitrogen functional groups attached to an aromatic ring is 1. The van der Waals surface area contributed by atoms with Crippen LogP contribution in [0.1, 0.15) is 30.7 Å². The first-order chi connectivity index (χ1) is 8.25. The molecule has 88 valence electrons. The van der Waals surface area contributed by atoms with E-state index in [4.69, 9.17) is 5.73 Å². The predicted molar refractivity (Wildman–Crippen MR) is 69.6 cm³/mol. The third kappa shape index (κ3) is 1.71. The van der Waals surface area contributed by atoms with Crippen LogP contribution in [-0.4, -0.2) is 9.78 Å².